The lowest BCUT2D eigenvalue weighted by atomic mass is 10.1. The summed E-state index contributed by atoms with van der Waals surface area (Å²) in [7, 11) is -2.41. The predicted octanol–water partition coefficient (Wildman–Crippen LogP) is 4.19. The van der Waals surface area contributed by atoms with Gasteiger partial charge in [0, 0.05) is 36.3 Å². The lowest BCUT2D eigenvalue weighted by molar-refractivity contribution is 0.102. The number of hydrogen-bond donors (Lipinski definition) is 1. The third kappa shape index (κ3) is 6.03. The molecule has 33 heavy (non-hydrogen) atoms. The highest BCUT2D eigenvalue weighted by Crippen LogP contribution is 2.32. The number of nitrogens with zero attached hydrogens (tertiary/aromatic N) is 2. The van der Waals surface area contributed by atoms with Gasteiger partial charge in [-0.3, -0.25) is 4.79 Å². The first-order chi connectivity index (χ1) is 15.9. The summed E-state index contributed by atoms with van der Waals surface area (Å²) in [6.45, 7) is 2.75. The number of ether oxygens (including phenoxy) is 2. The van der Waals surface area contributed by atoms with Crippen molar-refractivity contribution in [1.82, 2.24) is 4.31 Å². The number of hydrogen-bond acceptors (Lipinski definition) is 6. The monoisotopic (exact) mass is 471 g/mol. The fourth-order valence-electron chi connectivity index (χ4n) is 3.78. The molecule has 0 bridgehead atoms. The van der Waals surface area contributed by atoms with E-state index in [-0.39, 0.29) is 22.3 Å². The molecular formula is C24H29N3O5S. The average Bonchev–Trinajstić information content (AvgIpc) is 2.82. The van der Waals surface area contributed by atoms with Gasteiger partial charge in [0.1, 0.15) is 16.4 Å². The maximum Gasteiger partial charge on any atom is 0.255 e. The van der Waals surface area contributed by atoms with Gasteiger partial charge >= 0.3 is 0 Å². The second kappa shape index (κ2) is 11.2. The molecule has 1 heterocycles. The minimum absolute atomic E-state index is 0.0130. The van der Waals surface area contributed by atoms with Crippen LogP contribution in [0.1, 0.15) is 49.4 Å². The zero-order chi connectivity index (χ0) is 23.8. The van der Waals surface area contributed by atoms with Crippen LogP contribution in [0.25, 0.3) is 0 Å². The Bertz CT molecular complexity index is 1130. The number of carbonyl (C=O) groups excluding carboxylic acids is 1. The van der Waals surface area contributed by atoms with Crippen LogP contribution in [0.5, 0.6) is 11.5 Å². The molecule has 0 aliphatic carbocycles. The maximum atomic E-state index is 13.4. The molecule has 0 aromatic heterocycles. The first-order valence-corrected chi connectivity index (χ1v) is 12.4. The van der Waals surface area contributed by atoms with E-state index in [1.807, 2.05) is 6.92 Å². The average molecular weight is 472 g/mol. The van der Waals surface area contributed by atoms with Crippen LogP contribution in [0.15, 0.2) is 47.4 Å². The smallest absolute Gasteiger partial charge is 0.255 e. The van der Waals surface area contributed by atoms with Crippen LogP contribution >= 0.6 is 0 Å². The van der Waals surface area contributed by atoms with Gasteiger partial charge in [-0.2, -0.15) is 9.57 Å². The van der Waals surface area contributed by atoms with Gasteiger partial charge < -0.3 is 14.8 Å². The molecular weight excluding hydrogens is 442 g/mol. The Morgan fingerprint density at radius 1 is 1.24 bits per heavy atom. The Hall–Kier alpha value is -3.09. The Morgan fingerprint density at radius 2 is 2.06 bits per heavy atom. The van der Waals surface area contributed by atoms with E-state index < -0.39 is 15.9 Å². The van der Waals surface area contributed by atoms with Crippen molar-refractivity contribution in [3.05, 3.63) is 48.0 Å². The van der Waals surface area contributed by atoms with Crippen molar-refractivity contribution < 1.29 is 22.7 Å². The number of rotatable bonds is 9. The van der Waals surface area contributed by atoms with Crippen molar-refractivity contribution in [2.24, 2.45) is 0 Å². The highest BCUT2D eigenvalue weighted by molar-refractivity contribution is 7.89. The van der Waals surface area contributed by atoms with E-state index in [1.54, 1.807) is 24.3 Å². The van der Waals surface area contributed by atoms with Crippen LogP contribution in [0, 0.1) is 11.3 Å². The highest BCUT2D eigenvalue weighted by atomic mass is 32.2. The van der Waals surface area contributed by atoms with Crippen molar-refractivity contribution in [3.63, 3.8) is 0 Å². The van der Waals surface area contributed by atoms with Gasteiger partial charge in [0.25, 0.3) is 5.91 Å². The van der Waals surface area contributed by atoms with Gasteiger partial charge in [-0.15, -0.1) is 0 Å². The molecule has 1 unspecified atom stereocenters. The fraction of sp³-hybridized carbons (Fsp3) is 0.417. The number of benzene rings is 2. The Morgan fingerprint density at radius 3 is 2.79 bits per heavy atom. The zero-order valence-corrected chi connectivity index (χ0v) is 19.7. The molecule has 3 rings (SSSR count). The molecule has 1 atom stereocenters. The predicted molar refractivity (Wildman–Crippen MR) is 125 cm³/mol. The first-order valence-electron chi connectivity index (χ1n) is 11.0. The SMILES string of the molecule is COc1ccc(C(=O)Nc2cccc(OCCCC#N)c2)cc1S(=O)(=O)N1CCCCC1C. The number of amides is 1. The fourth-order valence-corrected chi connectivity index (χ4v) is 5.67. The normalized spacial score (nSPS) is 16.6. The van der Waals surface area contributed by atoms with Crippen LogP contribution in [-0.2, 0) is 10.0 Å². The number of carbonyl (C=O) groups is 1. The molecule has 0 saturated carbocycles. The number of piperidine rings is 1. The molecule has 9 heteroatoms. The third-order valence-electron chi connectivity index (χ3n) is 5.55. The summed E-state index contributed by atoms with van der Waals surface area (Å²) in [6, 6.07) is 13.3. The standard InChI is InChI=1S/C24H29N3O5S/c1-18-8-3-5-14-27(18)33(29,30)23-16-19(11-12-22(23)31-2)24(28)26-20-9-7-10-21(17-20)32-15-6-4-13-25/h7,9-12,16-18H,3-6,8,14-15H2,1-2H3,(H,26,28). The second-order valence-electron chi connectivity index (χ2n) is 7.92. The van der Waals surface area contributed by atoms with Crippen LogP contribution < -0.4 is 14.8 Å². The summed E-state index contributed by atoms with van der Waals surface area (Å²) in [5.74, 6) is 0.335. The number of sulfonamides is 1. The van der Waals surface area contributed by atoms with E-state index >= 15 is 0 Å². The third-order valence-corrected chi connectivity index (χ3v) is 7.58. The highest BCUT2D eigenvalue weighted by Gasteiger charge is 2.33. The molecule has 1 aliphatic rings. The quantitative estimate of drug-likeness (QED) is 0.549. The molecule has 8 nitrogen and oxygen atoms in total. The number of anilines is 1. The summed E-state index contributed by atoms with van der Waals surface area (Å²) in [6.07, 6.45) is 3.63. The number of nitriles is 1. The van der Waals surface area contributed by atoms with E-state index in [0.717, 1.165) is 19.3 Å². The minimum atomic E-state index is -3.82. The molecule has 1 aliphatic heterocycles. The molecule has 1 fully saturated rings. The van der Waals surface area contributed by atoms with E-state index in [1.165, 1.54) is 29.6 Å². The van der Waals surface area contributed by atoms with Crippen LogP contribution in [0.4, 0.5) is 5.69 Å². The van der Waals surface area contributed by atoms with Gasteiger partial charge in [0.05, 0.1) is 19.8 Å². The molecule has 2 aromatic carbocycles. The topological polar surface area (TPSA) is 109 Å². The maximum absolute atomic E-state index is 13.4. The summed E-state index contributed by atoms with van der Waals surface area (Å²) in [5.41, 5.74) is 0.724. The molecule has 2 aromatic rings. The van der Waals surface area contributed by atoms with E-state index in [0.29, 0.717) is 37.4 Å². The van der Waals surface area contributed by atoms with E-state index in [2.05, 4.69) is 11.4 Å². The van der Waals surface area contributed by atoms with Crippen molar-refractivity contribution in [2.75, 3.05) is 25.6 Å². The van der Waals surface area contributed by atoms with Crippen molar-refractivity contribution in [1.29, 1.82) is 5.26 Å². The largest absolute Gasteiger partial charge is 0.495 e. The van der Waals surface area contributed by atoms with Crippen LogP contribution in [0.2, 0.25) is 0 Å². The van der Waals surface area contributed by atoms with Crippen LogP contribution in [-0.4, -0.2) is 44.9 Å². The van der Waals surface area contributed by atoms with Gasteiger partial charge in [-0.1, -0.05) is 12.5 Å². The second-order valence-corrected chi connectivity index (χ2v) is 9.78. The molecule has 176 valence electrons. The van der Waals surface area contributed by atoms with E-state index in [4.69, 9.17) is 14.7 Å². The number of nitrogens with one attached hydrogen (secondary N) is 1. The van der Waals surface area contributed by atoms with E-state index in [9.17, 15) is 13.2 Å². The first kappa shape index (κ1) is 24.6. The lowest BCUT2D eigenvalue weighted by Gasteiger charge is -2.32. The van der Waals surface area contributed by atoms with Gasteiger partial charge in [0.2, 0.25) is 10.0 Å². The number of unbranched alkanes of at least 4 members (excludes halogenated alkanes) is 1. The lowest BCUT2D eigenvalue weighted by Crippen LogP contribution is -2.42. The van der Waals surface area contributed by atoms with Crippen molar-refractivity contribution in [3.8, 4) is 17.6 Å². The summed E-state index contributed by atoms with van der Waals surface area (Å²) >= 11 is 0. The van der Waals surface area contributed by atoms with Crippen molar-refractivity contribution >= 4 is 21.6 Å². The Balaban J connectivity index is 1.80. The molecule has 1 saturated heterocycles. The summed E-state index contributed by atoms with van der Waals surface area (Å²) < 4.78 is 39.2. The van der Waals surface area contributed by atoms with Gasteiger partial charge in [-0.25, -0.2) is 8.42 Å². The Labute approximate surface area is 195 Å². The molecule has 1 amide bonds. The Kier molecular flexibility index (Phi) is 8.31. The number of methoxy groups -OCH3 is 1. The minimum Gasteiger partial charge on any atom is -0.495 e. The zero-order valence-electron chi connectivity index (χ0n) is 18.9. The summed E-state index contributed by atoms with van der Waals surface area (Å²) in [5, 5.41) is 11.4. The van der Waals surface area contributed by atoms with Crippen LogP contribution in [0.3, 0.4) is 0 Å². The van der Waals surface area contributed by atoms with Gasteiger partial charge in [0.15, 0.2) is 0 Å². The van der Waals surface area contributed by atoms with Crippen molar-refractivity contribution in [2.45, 2.75) is 50.0 Å². The molecule has 0 radical (unpaired) electrons. The molecule has 1 N–H and O–H groups in total. The molecule has 0 spiro atoms. The summed E-state index contributed by atoms with van der Waals surface area (Å²) in [4.78, 5) is 12.9. The van der Waals surface area contributed by atoms with Gasteiger partial charge in [-0.05, 0) is 56.5 Å².